The zero-order valence-corrected chi connectivity index (χ0v) is 18.9. The van der Waals surface area contributed by atoms with E-state index < -0.39 is 0 Å². The van der Waals surface area contributed by atoms with E-state index in [-0.39, 0.29) is 12.5 Å². The summed E-state index contributed by atoms with van der Waals surface area (Å²) in [6, 6.07) is 23.2. The molecule has 0 N–H and O–H groups in total. The summed E-state index contributed by atoms with van der Waals surface area (Å²) in [5.74, 6) is 1.34. The van der Waals surface area contributed by atoms with Crippen LogP contribution in [0.5, 0.6) is 11.5 Å². The highest BCUT2D eigenvalue weighted by Gasteiger charge is 2.23. The molecule has 1 heterocycles. The van der Waals surface area contributed by atoms with Crippen LogP contribution in [0.15, 0.2) is 72.8 Å². The van der Waals surface area contributed by atoms with Crippen LogP contribution in [0.25, 0.3) is 0 Å². The van der Waals surface area contributed by atoms with Crippen LogP contribution in [0, 0.1) is 0 Å². The normalized spacial score (nSPS) is 13.7. The van der Waals surface area contributed by atoms with Crippen molar-refractivity contribution in [2.75, 3.05) is 37.7 Å². The fourth-order valence-electron chi connectivity index (χ4n) is 3.83. The maximum atomic E-state index is 13.2. The van der Waals surface area contributed by atoms with Crippen LogP contribution in [0.4, 0.5) is 5.69 Å². The van der Waals surface area contributed by atoms with Gasteiger partial charge in [0.25, 0.3) is 5.91 Å². The lowest BCUT2D eigenvalue weighted by molar-refractivity contribution is 0.0746. The number of piperazine rings is 1. The number of ether oxygens (including phenoxy) is 2. The molecule has 3 aromatic carbocycles. The lowest BCUT2D eigenvalue weighted by Gasteiger charge is -2.36. The van der Waals surface area contributed by atoms with Crippen molar-refractivity contribution in [2.24, 2.45) is 0 Å². The second-order valence-electron chi connectivity index (χ2n) is 7.59. The van der Waals surface area contributed by atoms with Gasteiger partial charge in [-0.1, -0.05) is 41.9 Å². The smallest absolute Gasteiger partial charge is 0.253 e. The van der Waals surface area contributed by atoms with Gasteiger partial charge in [0.1, 0.15) is 18.1 Å². The van der Waals surface area contributed by atoms with E-state index in [1.807, 2.05) is 66.4 Å². The first-order chi connectivity index (χ1) is 15.7. The third-order valence-electron chi connectivity index (χ3n) is 5.52. The Labute approximate surface area is 194 Å². The van der Waals surface area contributed by atoms with Crippen molar-refractivity contribution < 1.29 is 14.3 Å². The Morgan fingerprint density at radius 3 is 2.31 bits per heavy atom. The summed E-state index contributed by atoms with van der Waals surface area (Å²) < 4.78 is 11.7. The van der Waals surface area contributed by atoms with E-state index in [1.54, 1.807) is 6.07 Å². The molecule has 1 amide bonds. The molecule has 6 heteroatoms. The van der Waals surface area contributed by atoms with E-state index in [4.69, 9.17) is 21.1 Å². The van der Waals surface area contributed by atoms with Crippen molar-refractivity contribution in [1.29, 1.82) is 0 Å². The molecule has 1 saturated heterocycles. The van der Waals surface area contributed by atoms with Crippen LogP contribution >= 0.6 is 11.6 Å². The number of hydrogen-bond acceptors (Lipinski definition) is 4. The summed E-state index contributed by atoms with van der Waals surface area (Å²) in [6.45, 7) is 5.74. The van der Waals surface area contributed by atoms with Gasteiger partial charge in [0, 0.05) is 43.0 Å². The fraction of sp³-hybridized carbons (Fsp3) is 0.269. The lowest BCUT2D eigenvalue weighted by Crippen LogP contribution is -2.48. The van der Waals surface area contributed by atoms with Crippen molar-refractivity contribution in [3.05, 3.63) is 88.9 Å². The average molecular weight is 451 g/mol. The Morgan fingerprint density at radius 1 is 0.875 bits per heavy atom. The van der Waals surface area contributed by atoms with E-state index >= 15 is 0 Å². The number of halogens is 1. The Morgan fingerprint density at radius 2 is 1.59 bits per heavy atom. The van der Waals surface area contributed by atoms with Gasteiger partial charge < -0.3 is 19.3 Å². The topological polar surface area (TPSA) is 42.0 Å². The molecule has 5 nitrogen and oxygen atoms in total. The van der Waals surface area contributed by atoms with Crippen molar-refractivity contribution >= 4 is 23.2 Å². The third kappa shape index (κ3) is 5.17. The van der Waals surface area contributed by atoms with Crippen LogP contribution in [0.3, 0.4) is 0 Å². The molecule has 1 aliphatic heterocycles. The molecule has 1 fully saturated rings. The number of carbonyl (C=O) groups excluding carboxylic acids is 1. The SMILES string of the molecule is CCOc1ccc(C(=O)N2CCN(c3ccccc3)CC2)cc1COc1ccccc1Cl. The molecule has 1 aliphatic rings. The molecule has 3 aromatic rings. The Kier molecular flexibility index (Phi) is 7.17. The fourth-order valence-corrected chi connectivity index (χ4v) is 4.02. The molecule has 0 unspecified atom stereocenters. The minimum Gasteiger partial charge on any atom is -0.493 e. The minimum absolute atomic E-state index is 0.0275. The summed E-state index contributed by atoms with van der Waals surface area (Å²) in [6.07, 6.45) is 0. The number of para-hydroxylation sites is 2. The quantitative estimate of drug-likeness (QED) is 0.491. The zero-order chi connectivity index (χ0) is 22.3. The lowest BCUT2D eigenvalue weighted by atomic mass is 10.1. The number of rotatable bonds is 7. The molecule has 0 bridgehead atoms. The van der Waals surface area contributed by atoms with Gasteiger partial charge in [0.2, 0.25) is 0 Å². The van der Waals surface area contributed by atoms with E-state index in [0.717, 1.165) is 18.7 Å². The number of amides is 1. The van der Waals surface area contributed by atoms with Crippen LogP contribution in [0.2, 0.25) is 5.02 Å². The number of nitrogens with zero attached hydrogens (tertiary/aromatic N) is 2. The number of anilines is 1. The van der Waals surface area contributed by atoms with Crippen molar-refractivity contribution in [1.82, 2.24) is 4.90 Å². The first-order valence-corrected chi connectivity index (χ1v) is 11.3. The molecule has 0 saturated carbocycles. The molecular weight excluding hydrogens is 424 g/mol. The summed E-state index contributed by atoms with van der Waals surface area (Å²) in [7, 11) is 0. The van der Waals surface area contributed by atoms with Gasteiger partial charge in [-0.25, -0.2) is 0 Å². The van der Waals surface area contributed by atoms with Gasteiger partial charge in [-0.15, -0.1) is 0 Å². The second-order valence-corrected chi connectivity index (χ2v) is 8.00. The molecule has 0 atom stereocenters. The van der Waals surface area contributed by atoms with Crippen molar-refractivity contribution in [3.63, 3.8) is 0 Å². The highest BCUT2D eigenvalue weighted by molar-refractivity contribution is 6.32. The summed E-state index contributed by atoms with van der Waals surface area (Å²) in [5.41, 5.74) is 2.65. The molecule has 0 aliphatic carbocycles. The zero-order valence-electron chi connectivity index (χ0n) is 18.2. The van der Waals surface area contributed by atoms with E-state index in [9.17, 15) is 4.79 Å². The largest absolute Gasteiger partial charge is 0.493 e. The van der Waals surface area contributed by atoms with Crippen LogP contribution in [-0.4, -0.2) is 43.6 Å². The molecule has 0 spiro atoms. The predicted molar refractivity (Wildman–Crippen MR) is 128 cm³/mol. The van der Waals surface area contributed by atoms with Gasteiger partial charge in [-0.3, -0.25) is 4.79 Å². The first kappa shape index (κ1) is 22.0. The van der Waals surface area contributed by atoms with E-state index in [0.29, 0.717) is 41.8 Å². The monoisotopic (exact) mass is 450 g/mol. The molecular formula is C26H27ClN2O3. The minimum atomic E-state index is 0.0275. The molecule has 32 heavy (non-hydrogen) atoms. The Hall–Kier alpha value is -3.18. The maximum Gasteiger partial charge on any atom is 0.253 e. The summed E-state index contributed by atoms with van der Waals surface area (Å²) >= 11 is 6.21. The van der Waals surface area contributed by atoms with E-state index in [1.165, 1.54) is 5.69 Å². The molecule has 4 rings (SSSR count). The third-order valence-corrected chi connectivity index (χ3v) is 5.83. The van der Waals surface area contributed by atoms with Crippen LogP contribution in [0.1, 0.15) is 22.8 Å². The van der Waals surface area contributed by atoms with Crippen molar-refractivity contribution in [2.45, 2.75) is 13.5 Å². The second kappa shape index (κ2) is 10.4. The average Bonchev–Trinajstić information content (AvgIpc) is 2.84. The summed E-state index contributed by atoms with van der Waals surface area (Å²) in [4.78, 5) is 17.4. The van der Waals surface area contributed by atoms with Crippen molar-refractivity contribution in [3.8, 4) is 11.5 Å². The van der Waals surface area contributed by atoms with Gasteiger partial charge in [-0.2, -0.15) is 0 Å². The highest BCUT2D eigenvalue weighted by atomic mass is 35.5. The number of carbonyl (C=O) groups is 1. The maximum absolute atomic E-state index is 13.2. The molecule has 166 valence electrons. The number of benzene rings is 3. The Balaban J connectivity index is 1.45. The van der Waals surface area contributed by atoms with Gasteiger partial charge in [0.05, 0.1) is 11.6 Å². The van der Waals surface area contributed by atoms with Crippen LogP contribution in [-0.2, 0) is 6.61 Å². The van der Waals surface area contributed by atoms with E-state index in [2.05, 4.69) is 17.0 Å². The first-order valence-electron chi connectivity index (χ1n) is 10.9. The van der Waals surface area contributed by atoms with Crippen LogP contribution < -0.4 is 14.4 Å². The predicted octanol–water partition coefficient (Wildman–Crippen LogP) is 5.28. The molecule has 0 radical (unpaired) electrons. The standard InChI is InChI=1S/C26H27ClN2O3/c1-2-31-24-13-12-20(18-21(24)19-32-25-11-7-6-10-23(25)27)26(30)29-16-14-28(15-17-29)22-8-4-3-5-9-22/h3-13,18H,2,14-17,19H2,1H3. The van der Waals surface area contributed by atoms with Gasteiger partial charge in [0.15, 0.2) is 0 Å². The summed E-state index contributed by atoms with van der Waals surface area (Å²) in [5, 5.41) is 0.550. The highest BCUT2D eigenvalue weighted by Crippen LogP contribution is 2.27. The number of hydrogen-bond donors (Lipinski definition) is 0. The Bertz CT molecular complexity index is 1050. The van der Waals surface area contributed by atoms with Gasteiger partial charge in [-0.05, 0) is 49.4 Å². The van der Waals surface area contributed by atoms with Gasteiger partial charge >= 0.3 is 0 Å². The molecule has 0 aromatic heterocycles.